The van der Waals surface area contributed by atoms with Crippen LogP contribution < -0.4 is 0 Å². The van der Waals surface area contributed by atoms with Crippen LogP contribution in [0.5, 0.6) is 0 Å². The van der Waals surface area contributed by atoms with Crippen molar-refractivity contribution in [3.63, 3.8) is 0 Å². The van der Waals surface area contributed by atoms with Gasteiger partial charge < -0.3 is 9.47 Å². The van der Waals surface area contributed by atoms with Crippen molar-refractivity contribution < 1.29 is 14.4 Å². The summed E-state index contributed by atoms with van der Waals surface area (Å²) in [5.74, 6) is 0. The van der Waals surface area contributed by atoms with E-state index in [1.807, 2.05) is 0 Å². The molecule has 1 aromatic rings. The van der Waals surface area contributed by atoms with E-state index < -0.39 is 4.92 Å². The van der Waals surface area contributed by atoms with E-state index in [0.29, 0.717) is 17.2 Å². The van der Waals surface area contributed by atoms with Gasteiger partial charge in [-0.15, -0.1) is 0 Å². The number of nitro benzene ring substituents is 1. The molecule has 0 aliphatic carbocycles. The third-order valence-corrected chi connectivity index (χ3v) is 3.04. The standard InChI is InChI=1S/C12H14ClNO4/c13-10-5-4-9(11(7-10)14(15)16)8-18-12-3-1-2-6-17-12/h4-5,7,12H,1-3,6,8H2/t12-/m1/s1. The summed E-state index contributed by atoms with van der Waals surface area (Å²) < 4.78 is 10.9. The minimum atomic E-state index is -0.452. The molecule has 0 unspecified atom stereocenters. The van der Waals surface area contributed by atoms with Crippen molar-refractivity contribution in [1.82, 2.24) is 0 Å². The molecule has 18 heavy (non-hydrogen) atoms. The van der Waals surface area contributed by atoms with Crippen molar-refractivity contribution in [1.29, 1.82) is 0 Å². The fraction of sp³-hybridized carbons (Fsp3) is 0.500. The Bertz CT molecular complexity index is 432. The molecule has 6 heteroatoms. The summed E-state index contributed by atoms with van der Waals surface area (Å²) in [4.78, 5) is 10.4. The Hall–Kier alpha value is -1.17. The molecule has 1 atom stereocenters. The van der Waals surface area contributed by atoms with E-state index in [2.05, 4.69) is 0 Å². The van der Waals surface area contributed by atoms with Gasteiger partial charge in [-0.05, 0) is 31.4 Å². The number of halogens is 1. The van der Waals surface area contributed by atoms with Crippen LogP contribution >= 0.6 is 11.6 Å². The second-order valence-electron chi connectivity index (χ2n) is 4.14. The van der Waals surface area contributed by atoms with Crippen LogP contribution in [-0.4, -0.2) is 17.8 Å². The van der Waals surface area contributed by atoms with Crippen molar-refractivity contribution in [2.45, 2.75) is 32.2 Å². The Morgan fingerprint density at radius 3 is 3.00 bits per heavy atom. The van der Waals surface area contributed by atoms with Gasteiger partial charge in [0, 0.05) is 17.7 Å². The maximum atomic E-state index is 10.9. The summed E-state index contributed by atoms with van der Waals surface area (Å²) in [5.41, 5.74) is 0.497. The number of benzene rings is 1. The minimum absolute atomic E-state index is 0.0155. The fourth-order valence-corrected chi connectivity index (χ4v) is 2.02. The predicted octanol–water partition coefficient (Wildman–Crippen LogP) is 3.29. The van der Waals surface area contributed by atoms with E-state index in [9.17, 15) is 10.1 Å². The van der Waals surface area contributed by atoms with Crippen molar-refractivity contribution >= 4 is 17.3 Å². The van der Waals surface area contributed by atoms with Crippen LogP contribution in [0, 0.1) is 10.1 Å². The smallest absolute Gasteiger partial charge is 0.276 e. The number of ether oxygens (including phenoxy) is 2. The Morgan fingerprint density at radius 1 is 1.50 bits per heavy atom. The summed E-state index contributed by atoms with van der Waals surface area (Å²) in [6.45, 7) is 0.853. The molecule has 0 N–H and O–H groups in total. The van der Waals surface area contributed by atoms with E-state index in [4.69, 9.17) is 21.1 Å². The first kappa shape index (κ1) is 13.3. The van der Waals surface area contributed by atoms with Crippen molar-refractivity contribution in [2.75, 3.05) is 6.61 Å². The number of rotatable bonds is 4. The van der Waals surface area contributed by atoms with Crippen LogP contribution in [0.4, 0.5) is 5.69 Å². The zero-order chi connectivity index (χ0) is 13.0. The summed E-state index contributed by atoms with van der Waals surface area (Å²) in [6, 6.07) is 4.57. The van der Waals surface area contributed by atoms with Crippen LogP contribution in [0.1, 0.15) is 24.8 Å². The highest BCUT2D eigenvalue weighted by molar-refractivity contribution is 6.30. The first-order valence-corrected chi connectivity index (χ1v) is 6.20. The van der Waals surface area contributed by atoms with Crippen molar-refractivity contribution in [3.8, 4) is 0 Å². The molecule has 1 saturated heterocycles. The summed E-state index contributed by atoms with van der Waals surface area (Å²) in [5, 5.41) is 11.2. The summed E-state index contributed by atoms with van der Waals surface area (Å²) >= 11 is 5.74. The van der Waals surface area contributed by atoms with Crippen molar-refractivity contribution in [3.05, 3.63) is 38.9 Å². The Morgan fingerprint density at radius 2 is 2.33 bits per heavy atom. The lowest BCUT2D eigenvalue weighted by Gasteiger charge is -2.22. The molecular formula is C12H14ClNO4. The highest BCUT2D eigenvalue weighted by atomic mass is 35.5. The summed E-state index contributed by atoms with van der Waals surface area (Å²) in [6.07, 6.45) is 2.68. The van der Waals surface area contributed by atoms with Gasteiger partial charge in [0.2, 0.25) is 0 Å². The van der Waals surface area contributed by atoms with E-state index in [-0.39, 0.29) is 18.6 Å². The van der Waals surface area contributed by atoms with E-state index in [0.717, 1.165) is 19.3 Å². The lowest BCUT2D eigenvalue weighted by molar-refractivity contribution is -0.386. The van der Waals surface area contributed by atoms with Gasteiger partial charge in [-0.2, -0.15) is 0 Å². The Kier molecular flexibility index (Phi) is 4.52. The molecule has 1 aliphatic rings. The quantitative estimate of drug-likeness (QED) is 0.623. The number of nitrogens with zero attached hydrogens (tertiary/aromatic N) is 1. The van der Waals surface area contributed by atoms with Crippen LogP contribution in [0.2, 0.25) is 5.02 Å². The lowest BCUT2D eigenvalue weighted by atomic mass is 10.2. The molecule has 1 heterocycles. The van der Waals surface area contributed by atoms with Gasteiger partial charge >= 0.3 is 0 Å². The molecule has 1 aromatic carbocycles. The molecule has 0 aromatic heterocycles. The highest BCUT2D eigenvalue weighted by Gasteiger charge is 2.18. The van der Waals surface area contributed by atoms with Crippen LogP contribution in [0.15, 0.2) is 18.2 Å². The third-order valence-electron chi connectivity index (χ3n) is 2.81. The third kappa shape index (κ3) is 3.41. The minimum Gasteiger partial charge on any atom is -0.353 e. The van der Waals surface area contributed by atoms with Gasteiger partial charge in [0.1, 0.15) is 0 Å². The number of nitro groups is 1. The molecule has 1 fully saturated rings. The van der Waals surface area contributed by atoms with Gasteiger partial charge in [-0.25, -0.2) is 0 Å². The Balaban J connectivity index is 2.01. The van der Waals surface area contributed by atoms with E-state index in [1.165, 1.54) is 6.07 Å². The average molecular weight is 272 g/mol. The maximum absolute atomic E-state index is 10.9. The normalized spacial score (nSPS) is 19.7. The predicted molar refractivity (Wildman–Crippen MR) is 66.5 cm³/mol. The second kappa shape index (κ2) is 6.13. The SMILES string of the molecule is O=[N+]([O-])c1cc(Cl)ccc1CO[C@@H]1CCCCO1. The van der Waals surface area contributed by atoms with Gasteiger partial charge in [0.25, 0.3) is 5.69 Å². The average Bonchev–Trinajstić information content (AvgIpc) is 2.38. The molecule has 0 radical (unpaired) electrons. The van der Waals surface area contributed by atoms with Gasteiger partial charge in [-0.1, -0.05) is 11.6 Å². The van der Waals surface area contributed by atoms with Crippen molar-refractivity contribution in [2.24, 2.45) is 0 Å². The molecule has 0 spiro atoms. The molecule has 0 amide bonds. The highest BCUT2D eigenvalue weighted by Crippen LogP contribution is 2.25. The monoisotopic (exact) mass is 271 g/mol. The zero-order valence-corrected chi connectivity index (χ0v) is 10.6. The van der Waals surface area contributed by atoms with Gasteiger partial charge in [0.15, 0.2) is 6.29 Å². The zero-order valence-electron chi connectivity index (χ0n) is 9.80. The largest absolute Gasteiger partial charge is 0.353 e. The topological polar surface area (TPSA) is 61.6 Å². The molecule has 0 bridgehead atoms. The maximum Gasteiger partial charge on any atom is 0.276 e. The second-order valence-corrected chi connectivity index (χ2v) is 4.57. The van der Waals surface area contributed by atoms with Crippen LogP contribution in [0.3, 0.4) is 0 Å². The molecule has 1 aliphatic heterocycles. The summed E-state index contributed by atoms with van der Waals surface area (Å²) in [7, 11) is 0. The lowest BCUT2D eigenvalue weighted by Crippen LogP contribution is -2.22. The first-order valence-electron chi connectivity index (χ1n) is 5.83. The number of hydrogen-bond donors (Lipinski definition) is 0. The van der Waals surface area contributed by atoms with Crippen LogP contribution in [-0.2, 0) is 16.1 Å². The number of hydrogen-bond acceptors (Lipinski definition) is 4. The van der Waals surface area contributed by atoms with Crippen LogP contribution in [0.25, 0.3) is 0 Å². The van der Waals surface area contributed by atoms with E-state index in [1.54, 1.807) is 12.1 Å². The molecule has 2 rings (SSSR count). The molecule has 98 valence electrons. The van der Waals surface area contributed by atoms with Gasteiger partial charge in [-0.3, -0.25) is 10.1 Å². The first-order chi connectivity index (χ1) is 8.66. The molecule has 0 saturated carbocycles. The Labute approximate surface area is 110 Å². The fourth-order valence-electron chi connectivity index (χ4n) is 1.85. The molecular weight excluding hydrogens is 258 g/mol. The molecule has 5 nitrogen and oxygen atoms in total. The van der Waals surface area contributed by atoms with E-state index >= 15 is 0 Å². The van der Waals surface area contributed by atoms with Gasteiger partial charge in [0.05, 0.1) is 17.1 Å².